The molecule has 11 heteroatoms. The highest BCUT2D eigenvalue weighted by Gasteiger charge is 2.49. The topological polar surface area (TPSA) is 94.2 Å². The molecule has 2 amide bonds. The minimum Gasteiger partial charge on any atom is -0.491 e. The van der Waals surface area contributed by atoms with E-state index in [2.05, 4.69) is 5.32 Å². The first-order chi connectivity index (χ1) is 16.7. The number of carbonyl (C=O) groups is 3. The Morgan fingerprint density at radius 1 is 1.14 bits per heavy atom. The van der Waals surface area contributed by atoms with Gasteiger partial charge in [0.2, 0.25) is 5.91 Å². The number of halogens is 3. The number of rotatable bonds is 6. The summed E-state index contributed by atoms with van der Waals surface area (Å²) in [5.41, 5.74) is -0.00519. The van der Waals surface area contributed by atoms with E-state index < -0.39 is 43.0 Å². The second-order valence-electron chi connectivity index (χ2n) is 8.14. The Balaban J connectivity index is 1.46. The Morgan fingerprint density at radius 3 is 2.69 bits per heavy atom. The molecule has 2 aromatic rings. The van der Waals surface area contributed by atoms with Crippen LogP contribution in [0.25, 0.3) is 0 Å². The zero-order valence-corrected chi connectivity index (χ0v) is 18.5. The van der Waals surface area contributed by atoms with Crippen LogP contribution in [-0.2, 0) is 19.1 Å². The van der Waals surface area contributed by atoms with E-state index in [1.165, 1.54) is 36.4 Å². The van der Waals surface area contributed by atoms with Crippen LogP contribution in [0.2, 0.25) is 0 Å². The maximum absolute atomic E-state index is 13.8. The van der Waals surface area contributed by atoms with Crippen molar-refractivity contribution in [3.63, 3.8) is 0 Å². The molecule has 186 valence electrons. The molecule has 2 aromatic carbocycles. The predicted octanol–water partition coefficient (Wildman–Crippen LogP) is 3.71. The van der Waals surface area contributed by atoms with Gasteiger partial charge in [-0.1, -0.05) is 18.2 Å². The van der Waals surface area contributed by atoms with Gasteiger partial charge in [-0.2, -0.15) is 13.2 Å². The fraction of sp³-hybridized carbons (Fsp3) is 0.375. The third-order valence-electron chi connectivity index (χ3n) is 5.63. The van der Waals surface area contributed by atoms with Crippen LogP contribution < -0.4 is 15.0 Å². The van der Waals surface area contributed by atoms with Gasteiger partial charge in [-0.3, -0.25) is 14.5 Å². The number of nitrogens with one attached hydrogen (secondary N) is 1. The van der Waals surface area contributed by atoms with Crippen molar-refractivity contribution >= 4 is 29.2 Å². The molecule has 2 atom stereocenters. The third-order valence-corrected chi connectivity index (χ3v) is 5.63. The zero-order chi connectivity index (χ0) is 25.0. The SMILES string of the molecule is O=C1C[C@H](C(F)(F)F)N(C(=O)COC(=O)c2cccc(OC[C@H]3CCCO3)c2)c2ccccc2N1. The number of ether oxygens (including phenoxy) is 3. The number of para-hydroxylation sites is 2. The quantitative estimate of drug-likeness (QED) is 0.618. The van der Waals surface area contributed by atoms with Crippen LogP contribution in [0.1, 0.15) is 29.6 Å². The van der Waals surface area contributed by atoms with Gasteiger partial charge in [0.25, 0.3) is 5.91 Å². The van der Waals surface area contributed by atoms with Gasteiger partial charge in [0.1, 0.15) is 18.4 Å². The number of alkyl halides is 3. The number of anilines is 2. The summed E-state index contributed by atoms with van der Waals surface area (Å²) in [4.78, 5) is 37.9. The average Bonchev–Trinajstić information content (AvgIpc) is 3.29. The molecule has 2 aliphatic heterocycles. The van der Waals surface area contributed by atoms with Gasteiger partial charge in [-0.15, -0.1) is 0 Å². The van der Waals surface area contributed by atoms with E-state index in [1.54, 1.807) is 12.1 Å². The smallest absolute Gasteiger partial charge is 0.409 e. The van der Waals surface area contributed by atoms with Crippen molar-refractivity contribution in [3.05, 3.63) is 54.1 Å². The molecule has 1 saturated heterocycles. The fourth-order valence-electron chi connectivity index (χ4n) is 3.95. The van der Waals surface area contributed by atoms with Gasteiger partial charge >= 0.3 is 12.1 Å². The monoisotopic (exact) mass is 492 g/mol. The number of nitrogens with zero attached hydrogens (tertiary/aromatic N) is 1. The number of hydrogen-bond donors (Lipinski definition) is 1. The summed E-state index contributed by atoms with van der Waals surface area (Å²) in [5, 5.41) is 2.37. The van der Waals surface area contributed by atoms with E-state index in [9.17, 15) is 27.6 Å². The molecule has 1 fully saturated rings. The Morgan fingerprint density at radius 2 is 1.94 bits per heavy atom. The molecular weight excluding hydrogens is 469 g/mol. The first kappa shape index (κ1) is 24.5. The summed E-state index contributed by atoms with van der Waals surface area (Å²) in [6, 6.07) is 9.29. The largest absolute Gasteiger partial charge is 0.491 e. The van der Waals surface area contributed by atoms with Crippen LogP contribution in [-0.4, -0.2) is 55.9 Å². The van der Waals surface area contributed by atoms with Crippen molar-refractivity contribution in [2.24, 2.45) is 0 Å². The van der Waals surface area contributed by atoms with Crippen molar-refractivity contribution in [1.29, 1.82) is 0 Å². The van der Waals surface area contributed by atoms with E-state index in [1.807, 2.05) is 0 Å². The lowest BCUT2D eigenvalue weighted by atomic mass is 10.1. The summed E-state index contributed by atoms with van der Waals surface area (Å²) in [6.45, 7) is 0.0429. The number of fused-ring (bicyclic) bond motifs is 1. The molecule has 2 aliphatic rings. The standard InChI is InChI=1S/C24H23F3N2O6/c25-24(26,27)20-12-21(30)28-18-8-1-2-9-19(18)29(20)22(31)14-35-23(32)15-5-3-6-16(11-15)34-13-17-7-4-10-33-17/h1-3,5-6,8-9,11,17,20H,4,7,10,12-14H2,(H,28,30)/t17-,20-/m1/s1. The summed E-state index contributed by atoms with van der Waals surface area (Å²) in [7, 11) is 0. The predicted molar refractivity (Wildman–Crippen MR) is 118 cm³/mol. The molecule has 0 bridgehead atoms. The molecule has 0 unspecified atom stereocenters. The second kappa shape index (κ2) is 10.3. The number of carbonyl (C=O) groups excluding carboxylic acids is 3. The third kappa shape index (κ3) is 5.91. The maximum atomic E-state index is 13.8. The minimum atomic E-state index is -4.89. The normalized spacial score (nSPS) is 20.0. The highest BCUT2D eigenvalue weighted by molar-refractivity contribution is 6.05. The maximum Gasteiger partial charge on any atom is 0.409 e. The Kier molecular flexibility index (Phi) is 7.25. The van der Waals surface area contributed by atoms with Crippen LogP contribution >= 0.6 is 0 Å². The van der Waals surface area contributed by atoms with Crippen LogP contribution in [0.5, 0.6) is 5.75 Å². The van der Waals surface area contributed by atoms with Crippen molar-refractivity contribution in [3.8, 4) is 5.75 Å². The molecule has 0 spiro atoms. The van der Waals surface area contributed by atoms with Crippen LogP contribution in [0.4, 0.5) is 24.5 Å². The molecule has 0 radical (unpaired) electrons. The molecule has 0 aromatic heterocycles. The molecule has 35 heavy (non-hydrogen) atoms. The average molecular weight is 492 g/mol. The van der Waals surface area contributed by atoms with E-state index in [0.717, 1.165) is 12.8 Å². The van der Waals surface area contributed by atoms with Crippen molar-refractivity contribution < 1.29 is 41.8 Å². The lowest BCUT2D eigenvalue weighted by molar-refractivity contribution is -0.158. The number of amides is 2. The van der Waals surface area contributed by atoms with E-state index in [4.69, 9.17) is 14.2 Å². The van der Waals surface area contributed by atoms with E-state index in [0.29, 0.717) is 23.9 Å². The summed E-state index contributed by atoms with van der Waals surface area (Å²) < 4.78 is 57.5. The second-order valence-corrected chi connectivity index (χ2v) is 8.14. The Bertz CT molecular complexity index is 1100. The van der Waals surface area contributed by atoms with Crippen LogP contribution in [0, 0.1) is 0 Å². The van der Waals surface area contributed by atoms with Crippen molar-refractivity contribution in [2.45, 2.75) is 37.6 Å². The van der Waals surface area contributed by atoms with Crippen LogP contribution in [0.15, 0.2) is 48.5 Å². The van der Waals surface area contributed by atoms with Crippen molar-refractivity contribution in [2.75, 3.05) is 30.0 Å². The first-order valence-corrected chi connectivity index (χ1v) is 11.0. The van der Waals surface area contributed by atoms with Gasteiger partial charge in [0, 0.05) is 6.61 Å². The molecule has 1 N–H and O–H groups in total. The lowest BCUT2D eigenvalue weighted by Gasteiger charge is -2.31. The summed E-state index contributed by atoms with van der Waals surface area (Å²) in [5.74, 6) is -2.51. The van der Waals surface area contributed by atoms with Gasteiger partial charge in [-0.25, -0.2) is 4.79 Å². The summed E-state index contributed by atoms with van der Waals surface area (Å²) in [6.07, 6.45) is -4.06. The molecule has 0 saturated carbocycles. The Labute approximate surface area is 198 Å². The highest BCUT2D eigenvalue weighted by atomic mass is 19.4. The number of benzene rings is 2. The minimum absolute atomic E-state index is 0.0253. The van der Waals surface area contributed by atoms with Crippen LogP contribution in [0.3, 0.4) is 0 Å². The molecule has 2 heterocycles. The van der Waals surface area contributed by atoms with Crippen molar-refractivity contribution in [1.82, 2.24) is 0 Å². The van der Waals surface area contributed by atoms with Gasteiger partial charge in [0.15, 0.2) is 6.61 Å². The van der Waals surface area contributed by atoms with Gasteiger partial charge in [0.05, 0.1) is 29.5 Å². The zero-order valence-electron chi connectivity index (χ0n) is 18.5. The van der Waals surface area contributed by atoms with Gasteiger partial charge < -0.3 is 19.5 Å². The van der Waals surface area contributed by atoms with E-state index >= 15 is 0 Å². The highest BCUT2D eigenvalue weighted by Crippen LogP contribution is 2.37. The first-order valence-electron chi connectivity index (χ1n) is 11.0. The fourth-order valence-corrected chi connectivity index (χ4v) is 3.95. The van der Waals surface area contributed by atoms with Gasteiger partial charge in [-0.05, 0) is 43.2 Å². The molecule has 0 aliphatic carbocycles. The molecule has 8 nitrogen and oxygen atoms in total. The molecular formula is C24H23F3N2O6. The Hall–Kier alpha value is -3.60. The molecule has 4 rings (SSSR count). The van der Waals surface area contributed by atoms with E-state index in [-0.39, 0.29) is 23.0 Å². The number of esters is 1. The number of hydrogen-bond acceptors (Lipinski definition) is 6. The summed E-state index contributed by atoms with van der Waals surface area (Å²) >= 11 is 0. The lowest BCUT2D eigenvalue weighted by Crippen LogP contribution is -2.51.